The molecule has 0 saturated heterocycles. The number of nitrogens with two attached hydrogens (primary N) is 1. The summed E-state index contributed by atoms with van der Waals surface area (Å²) in [4.78, 5) is 0. The minimum absolute atomic E-state index is 0.127. The lowest BCUT2D eigenvalue weighted by Crippen LogP contribution is -2.24. The van der Waals surface area contributed by atoms with Crippen LogP contribution in [0.15, 0.2) is 42.5 Å². The van der Waals surface area contributed by atoms with E-state index in [-0.39, 0.29) is 18.0 Å². The van der Waals surface area contributed by atoms with Crippen LogP contribution in [0.3, 0.4) is 0 Å². The van der Waals surface area contributed by atoms with Gasteiger partial charge in [0, 0.05) is 23.0 Å². The van der Waals surface area contributed by atoms with Crippen molar-refractivity contribution in [1.82, 2.24) is 0 Å². The molecule has 2 aromatic rings. The van der Waals surface area contributed by atoms with Crippen LogP contribution in [0.25, 0.3) is 0 Å². The molecule has 0 amide bonds. The maximum absolute atomic E-state index is 12.9. The van der Waals surface area contributed by atoms with Gasteiger partial charge in [0.25, 0.3) is 0 Å². The van der Waals surface area contributed by atoms with E-state index in [0.717, 1.165) is 16.9 Å². The third kappa shape index (κ3) is 2.44. The molecule has 1 aliphatic rings. The molecule has 0 aliphatic carbocycles. The van der Waals surface area contributed by atoms with Gasteiger partial charge in [-0.1, -0.05) is 23.7 Å². The van der Waals surface area contributed by atoms with Gasteiger partial charge in [0.15, 0.2) is 0 Å². The van der Waals surface area contributed by atoms with Crippen LogP contribution in [0.1, 0.15) is 29.7 Å². The van der Waals surface area contributed by atoms with Crippen molar-refractivity contribution in [3.63, 3.8) is 0 Å². The summed E-state index contributed by atoms with van der Waals surface area (Å²) in [5, 5.41) is 0.651. The molecule has 2 atom stereocenters. The average Bonchev–Trinajstić information content (AvgIpc) is 2.40. The summed E-state index contributed by atoms with van der Waals surface area (Å²) in [6, 6.07) is 11.6. The molecular formula is C15H13ClFNO. The van der Waals surface area contributed by atoms with Crippen molar-refractivity contribution in [3.05, 3.63) is 64.4 Å². The molecule has 2 N–H and O–H groups in total. The van der Waals surface area contributed by atoms with Crippen LogP contribution in [0.2, 0.25) is 5.02 Å². The SMILES string of the molecule is N[C@@H]1CC(c2ccc(F)cc2)Oc2ccc(Cl)cc21. The van der Waals surface area contributed by atoms with Crippen LogP contribution in [0, 0.1) is 5.82 Å². The van der Waals surface area contributed by atoms with Crippen molar-refractivity contribution in [2.75, 3.05) is 0 Å². The van der Waals surface area contributed by atoms with Crippen LogP contribution < -0.4 is 10.5 Å². The summed E-state index contributed by atoms with van der Waals surface area (Å²) >= 11 is 5.96. The normalized spacial score (nSPS) is 21.6. The summed E-state index contributed by atoms with van der Waals surface area (Å²) in [6.07, 6.45) is 0.503. The molecule has 0 bridgehead atoms. The third-order valence-corrected chi connectivity index (χ3v) is 3.59. The molecule has 4 heteroatoms. The largest absolute Gasteiger partial charge is 0.485 e. The van der Waals surface area contributed by atoms with Crippen molar-refractivity contribution in [2.24, 2.45) is 5.73 Å². The maximum atomic E-state index is 12.9. The van der Waals surface area contributed by atoms with Crippen molar-refractivity contribution in [1.29, 1.82) is 0 Å². The molecule has 0 fully saturated rings. The Morgan fingerprint density at radius 3 is 2.63 bits per heavy atom. The van der Waals surface area contributed by atoms with Gasteiger partial charge in [0.1, 0.15) is 17.7 Å². The van der Waals surface area contributed by atoms with Crippen LogP contribution in [0.5, 0.6) is 5.75 Å². The van der Waals surface area contributed by atoms with E-state index in [9.17, 15) is 4.39 Å². The Labute approximate surface area is 115 Å². The fourth-order valence-electron chi connectivity index (χ4n) is 2.36. The smallest absolute Gasteiger partial charge is 0.126 e. The first-order valence-corrected chi connectivity index (χ1v) is 6.48. The molecule has 2 nitrogen and oxygen atoms in total. The number of halogens is 2. The van der Waals surface area contributed by atoms with Gasteiger partial charge in [0.05, 0.1) is 0 Å². The fraction of sp³-hybridized carbons (Fsp3) is 0.200. The lowest BCUT2D eigenvalue weighted by Gasteiger charge is -2.30. The lowest BCUT2D eigenvalue weighted by molar-refractivity contribution is 0.161. The molecule has 98 valence electrons. The van der Waals surface area contributed by atoms with Crippen LogP contribution in [-0.4, -0.2) is 0 Å². The summed E-state index contributed by atoms with van der Waals surface area (Å²) in [5.74, 6) is 0.494. The zero-order valence-corrected chi connectivity index (χ0v) is 10.9. The minimum atomic E-state index is -0.254. The van der Waals surface area contributed by atoms with E-state index >= 15 is 0 Å². The molecule has 0 radical (unpaired) electrons. The molecule has 3 rings (SSSR count). The quantitative estimate of drug-likeness (QED) is 0.855. The molecule has 1 heterocycles. The zero-order valence-electron chi connectivity index (χ0n) is 10.1. The lowest BCUT2D eigenvalue weighted by atomic mass is 9.93. The van der Waals surface area contributed by atoms with Crippen molar-refractivity contribution < 1.29 is 9.13 Å². The van der Waals surface area contributed by atoms with E-state index < -0.39 is 0 Å². The van der Waals surface area contributed by atoms with Gasteiger partial charge in [0.2, 0.25) is 0 Å². The Morgan fingerprint density at radius 1 is 1.16 bits per heavy atom. The highest BCUT2D eigenvalue weighted by molar-refractivity contribution is 6.30. The highest BCUT2D eigenvalue weighted by atomic mass is 35.5. The number of hydrogen-bond donors (Lipinski definition) is 1. The molecule has 1 aliphatic heterocycles. The summed E-state index contributed by atoms with van der Waals surface area (Å²) in [5.41, 5.74) is 8.01. The number of ether oxygens (including phenoxy) is 1. The second-order valence-corrected chi connectivity index (χ2v) is 5.12. The first-order valence-electron chi connectivity index (χ1n) is 6.10. The number of rotatable bonds is 1. The Morgan fingerprint density at radius 2 is 1.89 bits per heavy atom. The topological polar surface area (TPSA) is 35.2 Å². The van der Waals surface area contributed by atoms with Crippen LogP contribution in [-0.2, 0) is 0 Å². The second-order valence-electron chi connectivity index (χ2n) is 4.68. The Bertz CT molecular complexity index is 600. The summed E-state index contributed by atoms with van der Waals surface area (Å²) < 4.78 is 18.9. The van der Waals surface area contributed by atoms with E-state index in [2.05, 4.69) is 0 Å². The average molecular weight is 278 g/mol. The van der Waals surface area contributed by atoms with Gasteiger partial charge in [-0.15, -0.1) is 0 Å². The maximum Gasteiger partial charge on any atom is 0.126 e. The van der Waals surface area contributed by atoms with E-state index in [0.29, 0.717) is 11.4 Å². The molecule has 0 aromatic heterocycles. The van der Waals surface area contributed by atoms with Gasteiger partial charge in [-0.2, -0.15) is 0 Å². The third-order valence-electron chi connectivity index (χ3n) is 3.35. The predicted molar refractivity (Wildman–Crippen MR) is 72.8 cm³/mol. The van der Waals surface area contributed by atoms with Crippen molar-refractivity contribution in [2.45, 2.75) is 18.6 Å². The highest BCUT2D eigenvalue weighted by Crippen LogP contribution is 2.40. The Kier molecular flexibility index (Phi) is 3.17. The number of fused-ring (bicyclic) bond motifs is 1. The first-order chi connectivity index (χ1) is 9.13. The summed E-state index contributed by atoms with van der Waals surface area (Å²) in [6.45, 7) is 0. The molecular weight excluding hydrogens is 265 g/mol. The monoisotopic (exact) mass is 277 g/mol. The minimum Gasteiger partial charge on any atom is -0.485 e. The van der Waals surface area contributed by atoms with Gasteiger partial charge in [-0.25, -0.2) is 4.39 Å². The Hall–Kier alpha value is -1.58. The molecule has 19 heavy (non-hydrogen) atoms. The van der Waals surface area contributed by atoms with E-state index in [1.54, 1.807) is 18.2 Å². The van der Waals surface area contributed by atoms with Crippen molar-refractivity contribution >= 4 is 11.6 Å². The van der Waals surface area contributed by atoms with Crippen LogP contribution in [0.4, 0.5) is 4.39 Å². The fourth-order valence-corrected chi connectivity index (χ4v) is 2.54. The van der Waals surface area contributed by atoms with Gasteiger partial charge in [-0.05, 0) is 35.9 Å². The first kappa shape index (κ1) is 12.5. The molecule has 2 aromatic carbocycles. The molecule has 0 spiro atoms. The van der Waals surface area contributed by atoms with Gasteiger partial charge >= 0.3 is 0 Å². The highest BCUT2D eigenvalue weighted by Gasteiger charge is 2.27. The van der Waals surface area contributed by atoms with E-state index in [4.69, 9.17) is 22.1 Å². The Balaban J connectivity index is 1.92. The zero-order chi connectivity index (χ0) is 13.4. The number of hydrogen-bond acceptors (Lipinski definition) is 2. The van der Waals surface area contributed by atoms with Gasteiger partial charge in [-0.3, -0.25) is 0 Å². The second kappa shape index (κ2) is 4.83. The summed E-state index contributed by atoms with van der Waals surface area (Å²) in [7, 11) is 0. The van der Waals surface area contributed by atoms with Gasteiger partial charge < -0.3 is 10.5 Å². The molecule has 1 unspecified atom stereocenters. The van der Waals surface area contributed by atoms with Crippen molar-refractivity contribution in [3.8, 4) is 5.75 Å². The molecule has 0 saturated carbocycles. The van der Waals surface area contributed by atoms with Crippen LogP contribution >= 0.6 is 11.6 Å². The number of benzene rings is 2. The van der Waals surface area contributed by atoms with E-state index in [1.807, 2.05) is 12.1 Å². The predicted octanol–water partition coefficient (Wildman–Crippen LogP) is 4.00. The van der Waals surface area contributed by atoms with E-state index in [1.165, 1.54) is 12.1 Å². The standard InChI is InChI=1S/C15H13ClFNO/c16-10-3-6-14-12(7-10)13(18)8-15(19-14)9-1-4-11(17)5-2-9/h1-7,13,15H,8,18H2/t13-,15?/m1/s1.